The molecule has 1 unspecified atom stereocenters. The maximum absolute atomic E-state index is 5.83. The van der Waals surface area contributed by atoms with Gasteiger partial charge in [0.15, 0.2) is 0 Å². The summed E-state index contributed by atoms with van der Waals surface area (Å²) in [6.45, 7) is 8.59. The molecule has 0 aromatic rings. The van der Waals surface area contributed by atoms with Crippen molar-refractivity contribution in [2.75, 3.05) is 33.4 Å². The molecule has 1 aliphatic heterocycles. The summed E-state index contributed by atoms with van der Waals surface area (Å²) in [5, 5.41) is 0. The summed E-state index contributed by atoms with van der Waals surface area (Å²) < 4.78 is 11.3. The Morgan fingerprint density at radius 1 is 1.46 bits per heavy atom. The van der Waals surface area contributed by atoms with E-state index < -0.39 is 8.56 Å². The Morgan fingerprint density at radius 2 is 2.23 bits per heavy atom. The van der Waals surface area contributed by atoms with Gasteiger partial charge < -0.3 is 13.8 Å². The topological polar surface area (TPSA) is 21.7 Å². The normalized spacial score (nSPS) is 32.5. The van der Waals surface area contributed by atoms with Gasteiger partial charge in [0.05, 0.1) is 0 Å². The highest BCUT2D eigenvalue weighted by Gasteiger charge is 2.31. The zero-order chi connectivity index (χ0) is 9.73. The fourth-order valence-electron chi connectivity index (χ4n) is 1.68. The molecule has 0 aromatic heterocycles. The van der Waals surface area contributed by atoms with Gasteiger partial charge >= 0.3 is 8.56 Å². The van der Waals surface area contributed by atoms with Crippen LogP contribution in [0.5, 0.6) is 0 Å². The molecular formula is C9H21NO2Si. The molecule has 13 heavy (non-hydrogen) atoms. The van der Waals surface area contributed by atoms with Crippen molar-refractivity contribution in [2.45, 2.75) is 25.9 Å². The molecule has 0 spiro atoms. The molecule has 0 aromatic carbocycles. The van der Waals surface area contributed by atoms with Crippen LogP contribution in [0.3, 0.4) is 0 Å². The van der Waals surface area contributed by atoms with Gasteiger partial charge in [-0.15, -0.1) is 0 Å². The zero-order valence-corrected chi connectivity index (χ0v) is 10.0. The first-order valence-corrected chi connectivity index (χ1v) is 7.64. The molecule has 0 N–H and O–H groups in total. The summed E-state index contributed by atoms with van der Waals surface area (Å²) >= 11 is 0. The Balaban J connectivity index is 2.38. The molecule has 1 heterocycles. The Bertz CT molecular complexity index is 145. The van der Waals surface area contributed by atoms with Crippen molar-refractivity contribution in [3.05, 3.63) is 0 Å². The third-order valence-corrected chi connectivity index (χ3v) is 5.74. The van der Waals surface area contributed by atoms with Gasteiger partial charge in [-0.25, -0.2) is 0 Å². The average Bonchev–Trinajstić information content (AvgIpc) is 2.11. The average molecular weight is 203 g/mol. The number of nitrogens with zero attached hydrogens (tertiary/aromatic N) is 1. The van der Waals surface area contributed by atoms with Crippen molar-refractivity contribution in [1.29, 1.82) is 0 Å². The van der Waals surface area contributed by atoms with Gasteiger partial charge in [-0.1, -0.05) is 6.92 Å². The van der Waals surface area contributed by atoms with Crippen molar-refractivity contribution < 1.29 is 8.85 Å². The second-order valence-electron chi connectivity index (χ2n) is 3.72. The first kappa shape index (κ1) is 11.2. The summed E-state index contributed by atoms with van der Waals surface area (Å²) in [4.78, 5) is 2.43. The van der Waals surface area contributed by atoms with E-state index in [1.54, 1.807) is 7.11 Å². The van der Waals surface area contributed by atoms with Crippen LogP contribution in [0, 0.1) is 0 Å². The van der Waals surface area contributed by atoms with Gasteiger partial charge in [0.25, 0.3) is 0 Å². The molecule has 0 bridgehead atoms. The van der Waals surface area contributed by atoms with Gasteiger partial charge in [0, 0.05) is 20.3 Å². The lowest BCUT2D eigenvalue weighted by Gasteiger charge is -2.31. The molecule has 0 radical (unpaired) electrons. The molecule has 3 nitrogen and oxygen atoms in total. The maximum atomic E-state index is 5.83. The molecule has 1 atom stereocenters. The van der Waals surface area contributed by atoms with Gasteiger partial charge in [-0.2, -0.15) is 0 Å². The highest BCUT2D eigenvalue weighted by molar-refractivity contribution is 6.65. The number of hydrogen-bond donors (Lipinski definition) is 0. The van der Waals surface area contributed by atoms with Crippen LogP contribution in [0.25, 0.3) is 0 Å². The van der Waals surface area contributed by atoms with Crippen LogP contribution in [0.15, 0.2) is 0 Å². The van der Waals surface area contributed by atoms with Crippen LogP contribution in [0.1, 0.15) is 13.3 Å². The van der Waals surface area contributed by atoms with Crippen LogP contribution in [0.2, 0.25) is 12.6 Å². The molecule has 1 aliphatic rings. The summed E-state index contributed by atoms with van der Waals surface area (Å²) in [6.07, 6.45) is 1.21. The second-order valence-corrected chi connectivity index (χ2v) is 7.19. The minimum Gasteiger partial charge on any atom is -0.398 e. The van der Waals surface area contributed by atoms with Gasteiger partial charge in [-0.05, 0) is 32.1 Å². The summed E-state index contributed by atoms with van der Waals surface area (Å²) in [6, 6.07) is 1.12. The predicted molar refractivity (Wildman–Crippen MR) is 56.1 cm³/mol. The lowest BCUT2D eigenvalue weighted by molar-refractivity contribution is 0.150. The lowest BCUT2D eigenvalue weighted by atomic mass is 10.4. The van der Waals surface area contributed by atoms with E-state index in [0.29, 0.717) is 0 Å². The molecule has 4 heteroatoms. The van der Waals surface area contributed by atoms with E-state index in [9.17, 15) is 0 Å². The molecule has 1 fully saturated rings. The largest absolute Gasteiger partial charge is 0.398 e. The van der Waals surface area contributed by atoms with E-state index in [0.717, 1.165) is 25.7 Å². The maximum Gasteiger partial charge on any atom is 0.334 e. The monoisotopic (exact) mass is 203 g/mol. The predicted octanol–water partition coefficient (Wildman–Crippen LogP) is 1.45. The van der Waals surface area contributed by atoms with E-state index in [4.69, 9.17) is 8.85 Å². The highest BCUT2D eigenvalue weighted by Crippen LogP contribution is 2.17. The number of rotatable bonds is 2. The molecular weight excluding hydrogens is 182 g/mol. The Kier molecular flexibility index (Phi) is 4.38. The van der Waals surface area contributed by atoms with Crippen molar-refractivity contribution in [2.24, 2.45) is 0 Å². The Labute approximate surface area is 82.3 Å². The molecule has 0 aliphatic carbocycles. The Hall–Kier alpha value is 0.0969. The number of hydrogen-bond acceptors (Lipinski definition) is 3. The first-order chi connectivity index (χ1) is 6.20. The van der Waals surface area contributed by atoms with Crippen molar-refractivity contribution in [3.63, 3.8) is 0 Å². The van der Waals surface area contributed by atoms with Crippen molar-refractivity contribution in [1.82, 2.24) is 4.90 Å². The van der Waals surface area contributed by atoms with Crippen LogP contribution in [-0.4, -0.2) is 46.8 Å². The second kappa shape index (κ2) is 5.10. The SMILES string of the molecule is CCN1CCC[Si](C)(OC)OCC1. The third kappa shape index (κ3) is 3.38. The fraction of sp³-hybridized carbons (Fsp3) is 1.00. The summed E-state index contributed by atoms with van der Waals surface area (Å²) in [5.41, 5.74) is 0. The van der Waals surface area contributed by atoms with Crippen molar-refractivity contribution in [3.8, 4) is 0 Å². The lowest BCUT2D eigenvalue weighted by Crippen LogP contribution is -2.43. The molecule has 1 rings (SSSR count). The van der Waals surface area contributed by atoms with E-state index in [1.165, 1.54) is 13.0 Å². The summed E-state index contributed by atoms with van der Waals surface area (Å²) in [5.74, 6) is 0. The van der Waals surface area contributed by atoms with Crippen LogP contribution < -0.4 is 0 Å². The van der Waals surface area contributed by atoms with E-state index in [1.807, 2.05) is 0 Å². The minimum atomic E-state index is -1.76. The summed E-state index contributed by atoms with van der Waals surface area (Å²) in [7, 11) is 0.0210. The van der Waals surface area contributed by atoms with E-state index >= 15 is 0 Å². The minimum absolute atomic E-state index is 0.838. The fourth-order valence-corrected chi connectivity index (χ4v) is 3.47. The Morgan fingerprint density at radius 3 is 2.85 bits per heavy atom. The molecule has 0 saturated carbocycles. The van der Waals surface area contributed by atoms with Gasteiger partial charge in [0.1, 0.15) is 0 Å². The van der Waals surface area contributed by atoms with Gasteiger partial charge in [-0.3, -0.25) is 0 Å². The molecule has 1 saturated heterocycles. The van der Waals surface area contributed by atoms with Crippen LogP contribution in [0.4, 0.5) is 0 Å². The van der Waals surface area contributed by atoms with E-state index in [2.05, 4.69) is 18.4 Å². The molecule has 78 valence electrons. The highest BCUT2D eigenvalue weighted by atomic mass is 28.4. The van der Waals surface area contributed by atoms with Crippen LogP contribution >= 0.6 is 0 Å². The van der Waals surface area contributed by atoms with Crippen LogP contribution in [-0.2, 0) is 8.85 Å². The third-order valence-electron chi connectivity index (χ3n) is 2.80. The number of likely N-dealkylation sites (N-methyl/N-ethyl adjacent to an activating group) is 1. The van der Waals surface area contributed by atoms with Gasteiger partial charge in [0.2, 0.25) is 0 Å². The zero-order valence-electron chi connectivity index (χ0n) is 9.01. The standard InChI is InChI=1S/C9H21NO2Si/c1-4-10-6-5-9-13(3,11-2)12-8-7-10/h4-9H2,1-3H3. The molecule has 0 amide bonds. The smallest absolute Gasteiger partial charge is 0.334 e. The first-order valence-electron chi connectivity index (χ1n) is 5.11. The quantitative estimate of drug-likeness (QED) is 0.634. The van der Waals surface area contributed by atoms with Crippen molar-refractivity contribution >= 4 is 8.56 Å². The van der Waals surface area contributed by atoms with E-state index in [-0.39, 0.29) is 0 Å².